The molecule has 3 unspecified atom stereocenters. The van der Waals surface area contributed by atoms with Gasteiger partial charge in [-0.15, -0.1) is 0 Å². The number of esters is 1. The van der Waals surface area contributed by atoms with E-state index in [0.717, 1.165) is 43.2 Å². The molecule has 1 aromatic carbocycles. The highest BCUT2D eigenvalue weighted by atomic mass is 16.5. The van der Waals surface area contributed by atoms with Crippen LogP contribution in [-0.4, -0.2) is 28.6 Å². The lowest BCUT2D eigenvalue weighted by Gasteiger charge is -2.58. The van der Waals surface area contributed by atoms with Crippen LogP contribution in [0.25, 0.3) is 0 Å². The van der Waals surface area contributed by atoms with Crippen LogP contribution in [0, 0.1) is 31.1 Å². The summed E-state index contributed by atoms with van der Waals surface area (Å²) < 4.78 is 5.67. The Kier molecular flexibility index (Phi) is 4.03. The largest absolute Gasteiger partial charge is 0.454 e. The summed E-state index contributed by atoms with van der Waals surface area (Å²) in [6.45, 7) is 5.63. The number of benzene rings is 1. The number of hydrogen-bond donors (Lipinski definition) is 1. The van der Waals surface area contributed by atoms with Crippen LogP contribution in [0.15, 0.2) is 18.2 Å². The van der Waals surface area contributed by atoms with Crippen molar-refractivity contribution in [1.29, 1.82) is 0 Å². The molecule has 0 amide bonds. The van der Waals surface area contributed by atoms with Gasteiger partial charge in [0.05, 0.1) is 11.0 Å². The van der Waals surface area contributed by atoms with Gasteiger partial charge in [-0.25, -0.2) is 0 Å². The molecule has 4 aliphatic rings. The fourth-order valence-electron chi connectivity index (χ4n) is 5.92. The van der Waals surface area contributed by atoms with Crippen LogP contribution in [0.4, 0.5) is 0 Å². The summed E-state index contributed by atoms with van der Waals surface area (Å²) in [4.78, 5) is 25.7. The lowest BCUT2D eigenvalue weighted by atomic mass is 9.48. The minimum atomic E-state index is -0.799. The predicted molar refractivity (Wildman–Crippen MR) is 97.9 cm³/mol. The van der Waals surface area contributed by atoms with E-state index in [-0.39, 0.29) is 11.8 Å². The number of ether oxygens (including phenoxy) is 1. The molecule has 4 heteroatoms. The number of hydrogen-bond acceptors (Lipinski definition) is 4. The van der Waals surface area contributed by atoms with Gasteiger partial charge >= 0.3 is 5.97 Å². The zero-order valence-corrected chi connectivity index (χ0v) is 15.9. The molecule has 26 heavy (non-hydrogen) atoms. The quantitative estimate of drug-likeness (QED) is 0.659. The van der Waals surface area contributed by atoms with E-state index in [1.54, 1.807) is 13.0 Å². The maximum absolute atomic E-state index is 13.0. The summed E-state index contributed by atoms with van der Waals surface area (Å²) in [5.74, 6) is 0.388. The van der Waals surface area contributed by atoms with Crippen LogP contribution in [0.5, 0.6) is 0 Å². The molecular weight excluding hydrogens is 328 g/mol. The molecule has 5 rings (SSSR count). The van der Waals surface area contributed by atoms with Crippen molar-refractivity contribution in [1.82, 2.24) is 0 Å². The zero-order chi connectivity index (χ0) is 18.7. The Morgan fingerprint density at radius 3 is 2.35 bits per heavy atom. The summed E-state index contributed by atoms with van der Waals surface area (Å²) >= 11 is 0. The highest BCUT2D eigenvalue weighted by molar-refractivity contribution is 6.00. The minimum absolute atomic E-state index is 0.162. The lowest BCUT2D eigenvalue weighted by Crippen LogP contribution is -2.58. The average Bonchev–Trinajstić information content (AvgIpc) is 2.54. The van der Waals surface area contributed by atoms with Gasteiger partial charge in [-0.1, -0.05) is 12.1 Å². The summed E-state index contributed by atoms with van der Waals surface area (Å²) in [5.41, 5.74) is 1.48. The fourth-order valence-corrected chi connectivity index (χ4v) is 5.92. The van der Waals surface area contributed by atoms with Crippen LogP contribution in [0.1, 0.15) is 66.9 Å². The highest BCUT2D eigenvalue weighted by Gasteiger charge is 2.61. The summed E-state index contributed by atoms with van der Waals surface area (Å²) in [5, 5.41) is 10.8. The molecular formula is C22H28O4. The molecule has 1 aromatic rings. The molecule has 140 valence electrons. The predicted octanol–water partition coefficient (Wildman–Crippen LogP) is 3.75. The first kappa shape index (κ1) is 17.7. The molecule has 0 spiro atoms. The molecule has 4 bridgehead atoms. The van der Waals surface area contributed by atoms with Crippen LogP contribution < -0.4 is 0 Å². The Labute approximate surface area is 154 Å². The lowest BCUT2D eigenvalue weighted by molar-refractivity contribution is -0.197. The number of carbonyl (C=O) groups excluding carboxylic acids is 2. The molecule has 3 atom stereocenters. The van der Waals surface area contributed by atoms with Crippen molar-refractivity contribution in [2.24, 2.45) is 17.3 Å². The van der Waals surface area contributed by atoms with Gasteiger partial charge in [-0.3, -0.25) is 9.59 Å². The average molecular weight is 356 g/mol. The SMILES string of the molecule is Cc1ccc(C(=O)C(C)OC(=O)C23CC4CC(CC(O)(C4)C2)C3)cc1C. The van der Waals surface area contributed by atoms with Crippen LogP contribution in [-0.2, 0) is 9.53 Å². The molecule has 1 N–H and O–H groups in total. The minimum Gasteiger partial charge on any atom is -0.454 e. The molecule has 0 radical (unpaired) electrons. The van der Waals surface area contributed by atoms with E-state index < -0.39 is 17.1 Å². The molecule has 0 heterocycles. The van der Waals surface area contributed by atoms with Crippen molar-refractivity contribution in [3.63, 3.8) is 0 Å². The van der Waals surface area contributed by atoms with Gasteiger partial charge < -0.3 is 9.84 Å². The first-order valence-corrected chi connectivity index (χ1v) is 9.75. The summed E-state index contributed by atoms with van der Waals surface area (Å²) in [6, 6.07) is 5.57. The van der Waals surface area contributed by atoms with Gasteiger partial charge in [0.1, 0.15) is 0 Å². The first-order chi connectivity index (χ1) is 12.2. The van der Waals surface area contributed by atoms with Gasteiger partial charge in [0.2, 0.25) is 5.78 Å². The van der Waals surface area contributed by atoms with E-state index >= 15 is 0 Å². The van der Waals surface area contributed by atoms with E-state index in [1.807, 2.05) is 26.0 Å². The third-order valence-corrected chi connectivity index (χ3v) is 6.91. The summed E-state index contributed by atoms with van der Waals surface area (Å²) in [6.07, 6.45) is 4.05. The number of rotatable bonds is 4. The van der Waals surface area contributed by atoms with Crippen LogP contribution in [0.2, 0.25) is 0 Å². The highest BCUT2D eigenvalue weighted by Crippen LogP contribution is 2.62. The third-order valence-electron chi connectivity index (χ3n) is 6.91. The Bertz CT molecular complexity index is 751. The second-order valence-electron chi connectivity index (χ2n) is 9.18. The van der Waals surface area contributed by atoms with E-state index in [4.69, 9.17) is 4.74 Å². The second kappa shape index (κ2) is 5.91. The Balaban J connectivity index is 1.49. The van der Waals surface area contributed by atoms with Gasteiger partial charge in [0.15, 0.2) is 6.10 Å². The molecule has 4 nitrogen and oxygen atoms in total. The molecule has 0 saturated heterocycles. The third kappa shape index (κ3) is 2.88. The fraction of sp³-hybridized carbons (Fsp3) is 0.636. The van der Waals surface area contributed by atoms with E-state index in [9.17, 15) is 14.7 Å². The van der Waals surface area contributed by atoms with Crippen molar-refractivity contribution in [2.75, 3.05) is 0 Å². The van der Waals surface area contributed by atoms with Crippen LogP contribution in [0.3, 0.4) is 0 Å². The Hall–Kier alpha value is -1.68. The molecule has 0 aromatic heterocycles. The topological polar surface area (TPSA) is 63.6 Å². The maximum Gasteiger partial charge on any atom is 0.312 e. The monoisotopic (exact) mass is 356 g/mol. The standard InChI is InChI=1S/C22H28O4/c1-13-4-5-18(6-14(13)2)19(23)15(3)26-20(24)21-8-16-7-17(9-21)11-22(25,10-16)12-21/h4-6,15-17,25H,7-12H2,1-3H3. The van der Waals surface area contributed by atoms with E-state index in [1.165, 1.54) is 0 Å². The molecule has 4 aliphatic carbocycles. The van der Waals surface area contributed by atoms with Crippen molar-refractivity contribution in [3.05, 3.63) is 34.9 Å². The molecule has 4 fully saturated rings. The van der Waals surface area contributed by atoms with Crippen molar-refractivity contribution < 1.29 is 19.4 Å². The van der Waals surface area contributed by atoms with E-state index in [0.29, 0.717) is 23.8 Å². The number of Topliss-reactive ketones (excluding diaryl/α,β-unsaturated/α-hetero) is 1. The normalized spacial score (nSPS) is 36.0. The molecule has 4 saturated carbocycles. The number of ketones is 1. The second-order valence-corrected chi connectivity index (χ2v) is 9.18. The van der Waals surface area contributed by atoms with Crippen molar-refractivity contribution >= 4 is 11.8 Å². The smallest absolute Gasteiger partial charge is 0.312 e. The van der Waals surface area contributed by atoms with E-state index in [2.05, 4.69) is 0 Å². The number of aliphatic hydroxyl groups is 1. The Morgan fingerprint density at radius 1 is 1.12 bits per heavy atom. The maximum atomic E-state index is 13.0. The van der Waals surface area contributed by atoms with Gasteiger partial charge in [0, 0.05) is 5.56 Å². The Morgan fingerprint density at radius 2 is 1.77 bits per heavy atom. The summed E-state index contributed by atoms with van der Waals surface area (Å²) in [7, 11) is 0. The van der Waals surface area contributed by atoms with Gasteiger partial charge in [-0.05, 0) is 88.3 Å². The van der Waals surface area contributed by atoms with Crippen LogP contribution >= 0.6 is 0 Å². The van der Waals surface area contributed by atoms with Crippen molar-refractivity contribution in [3.8, 4) is 0 Å². The van der Waals surface area contributed by atoms with Gasteiger partial charge in [-0.2, -0.15) is 0 Å². The molecule has 0 aliphatic heterocycles. The van der Waals surface area contributed by atoms with Gasteiger partial charge in [0.25, 0.3) is 0 Å². The number of carbonyl (C=O) groups is 2. The zero-order valence-electron chi connectivity index (χ0n) is 15.9. The number of aryl methyl sites for hydroxylation is 2. The van der Waals surface area contributed by atoms with Crippen molar-refractivity contribution in [2.45, 2.75) is 71.0 Å². The first-order valence-electron chi connectivity index (χ1n) is 9.75.